The van der Waals surface area contributed by atoms with E-state index in [2.05, 4.69) is 0 Å². The van der Waals surface area contributed by atoms with Crippen LogP contribution >= 0.6 is 11.6 Å². The molecule has 3 aromatic rings. The molecule has 0 unspecified atom stereocenters. The minimum absolute atomic E-state index is 0.105. The Morgan fingerprint density at radius 2 is 1.50 bits per heavy atom. The van der Waals surface area contributed by atoms with Gasteiger partial charge in [0.05, 0.1) is 23.8 Å². The lowest BCUT2D eigenvalue weighted by Crippen LogP contribution is -2.11. The van der Waals surface area contributed by atoms with Crippen LogP contribution in [-0.4, -0.2) is 25.0 Å². The molecule has 0 heterocycles. The van der Waals surface area contributed by atoms with Crippen LogP contribution in [0.2, 0.25) is 5.02 Å². The highest BCUT2D eigenvalue weighted by Gasteiger charge is 2.18. The third-order valence-electron chi connectivity index (χ3n) is 4.18. The van der Waals surface area contributed by atoms with Crippen LogP contribution in [-0.2, 0) is 0 Å². The predicted octanol–water partition coefficient (Wildman–Crippen LogP) is 5.59. The minimum Gasteiger partial charge on any atom is -0.493 e. The molecule has 5 nitrogen and oxygen atoms in total. The fourth-order valence-corrected chi connectivity index (χ4v) is 3.04. The van der Waals surface area contributed by atoms with E-state index in [-0.39, 0.29) is 22.5 Å². The molecule has 0 aliphatic rings. The van der Waals surface area contributed by atoms with Crippen molar-refractivity contribution in [2.45, 2.75) is 20.0 Å². The molecule has 0 saturated carbocycles. The maximum Gasteiger partial charge on any atom is 0.343 e. The van der Waals surface area contributed by atoms with Gasteiger partial charge in [0, 0.05) is 11.1 Å². The molecular weight excluding hydrogens is 404 g/mol. The van der Waals surface area contributed by atoms with Crippen LogP contribution < -0.4 is 14.2 Å². The van der Waals surface area contributed by atoms with Crippen molar-refractivity contribution >= 4 is 23.4 Å². The predicted molar refractivity (Wildman–Crippen MR) is 115 cm³/mol. The van der Waals surface area contributed by atoms with Gasteiger partial charge in [0.25, 0.3) is 0 Å². The molecule has 0 saturated heterocycles. The molecule has 0 aliphatic heterocycles. The third kappa shape index (κ3) is 4.99. The quantitative estimate of drug-likeness (QED) is 0.281. The van der Waals surface area contributed by atoms with Gasteiger partial charge in [0.2, 0.25) is 0 Å². The first kappa shape index (κ1) is 21.4. The molecule has 0 N–H and O–H groups in total. The van der Waals surface area contributed by atoms with E-state index in [4.69, 9.17) is 25.8 Å². The zero-order chi connectivity index (χ0) is 21.7. The summed E-state index contributed by atoms with van der Waals surface area (Å²) in [4.78, 5) is 25.0. The first-order valence-electron chi connectivity index (χ1n) is 9.35. The van der Waals surface area contributed by atoms with Gasteiger partial charge in [-0.15, -0.1) is 0 Å². The third-order valence-corrected chi connectivity index (χ3v) is 4.46. The smallest absolute Gasteiger partial charge is 0.343 e. The van der Waals surface area contributed by atoms with Gasteiger partial charge in [-0.05, 0) is 50.2 Å². The summed E-state index contributed by atoms with van der Waals surface area (Å²) in [6.07, 6.45) is -0.105. The van der Waals surface area contributed by atoms with Crippen LogP contribution in [0.15, 0.2) is 66.7 Å². The highest BCUT2D eigenvalue weighted by atomic mass is 35.5. The van der Waals surface area contributed by atoms with E-state index in [1.165, 1.54) is 19.2 Å². The van der Waals surface area contributed by atoms with Gasteiger partial charge in [0.15, 0.2) is 17.3 Å². The normalized spacial score (nSPS) is 10.6. The van der Waals surface area contributed by atoms with Crippen LogP contribution in [0.25, 0.3) is 0 Å². The van der Waals surface area contributed by atoms with E-state index in [0.29, 0.717) is 28.4 Å². The van der Waals surface area contributed by atoms with Gasteiger partial charge in [0.1, 0.15) is 5.75 Å². The number of benzene rings is 3. The van der Waals surface area contributed by atoms with E-state index < -0.39 is 5.97 Å². The highest BCUT2D eigenvalue weighted by molar-refractivity contribution is 6.32. The molecule has 0 atom stereocenters. The summed E-state index contributed by atoms with van der Waals surface area (Å²) in [7, 11) is 1.47. The van der Waals surface area contributed by atoms with Gasteiger partial charge in [-0.25, -0.2) is 4.79 Å². The molecule has 30 heavy (non-hydrogen) atoms. The van der Waals surface area contributed by atoms with Crippen molar-refractivity contribution in [3.8, 4) is 17.2 Å². The van der Waals surface area contributed by atoms with Gasteiger partial charge in [-0.3, -0.25) is 4.79 Å². The molecule has 154 valence electrons. The molecule has 3 rings (SSSR count). The Kier molecular flexibility index (Phi) is 6.75. The average molecular weight is 425 g/mol. The molecule has 0 amide bonds. The summed E-state index contributed by atoms with van der Waals surface area (Å²) in [5.74, 6) is 0.308. The van der Waals surface area contributed by atoms with Crippen molar-refractivity contribution < 1.29 is 23.8 Å². The number of carbonyl (C=O) groups excluding carboxylic acids is 2. The van der Waals surface area contributed by atoms with Crippen molar-refractivity contribution in [1.29, 1.82) is 0 Å². The SMILES string of the molecule is COc1cc(C(=O)Oc2ccc(C(=O)c3ccccc3)cc2)cc(Cl)c1OC(C)C. The maximum absolute atomic E-state index is 12.6. The summed E-state index contributed by atoms with van der Waals surface area (Å²) >= 11 is 6.27. The Morgan fingerprint density at radius 3 is 2.10 bits per heavy atom. The molecule has 0 radical (unpaired) electrons. The van der Waals surface area contributed by atoms with Gasteiger partial charge < -0.3 is 14.2 Å². The Bertz CT molecular complexity index is 1040. The fourth-order valence-electron chi connectivity index (χ4n) is 2.78. The van der Waals surface area contributed by atoms with Crippen LogP contribution in [0, 0.1) is 0 Å². The molecule has 0 aromatic heterocycles. The number of esters is 1. The number of rotatable bonds is 7. The highest BCUT2D eigenvalue weighted by Crippen LogP contribution is 2.37. The summed E-state index contributed by atoms with van der Waals surface area (Å²) in [5.41, 5.74) is 1.31. The number of ether oxygens (including phenoxy) is 3. The van der Waals surface area contributed by atoms with Gasteiger partial charge in [-0.1, -0.05) is 41.9 Å². The van der Waals surface area contributed by atoms with Crippen molar-refractivity contribution in [2.24, 2.45) is 0 Å². The summed E-state index contributed by atoms with van der Waals surface area (Å²) in [6.45, 7) is 3.73. The fraction of sp³-hybridized carbons (Fsp3) is 0.167. The Labute approximate surface area is 180 Å². The monoisotopic (exact) mass is 424 g/mol. The standard InChI is InChI=1S/C24H21ClO5/c1-15(2)29-23-20(25)13-18(14-21(23)28-3)24(27)30-19-11-9-17(10-12-19)22(26)16-7-5-4-6-8-16/h4-15H,1-3H3. The van der Waals surface area contributed by atoms with E-state index in [1.54, 1.807) is 48.5 Å². The maximum atomic E-state index is 12.6. The second kappa shape index (κ2) is 9.46. The molecule has 0 bridgehead atoms. The van der Waals surface area contributed by atoms with Crippen molar-refractivity contribution in [2.75, 3.05) is 7.11 Å². The summed E-state index contributed by atoms with van der Waals surface area (Å²) in [5, 5.41) is 0.249. The lowest BCUT2D eigenvalue weighted by atomic mass is 10.0. The first-order valence-corrected chi connectivity index (χ1v) is 9.73. The zero-order valence-corrected chi connectivity index (χ0v) is 17.6. The van der Waals surface area contributed by atoms with Gasteiger partial charge >= 0.3 is 5.97 Å². The Hall–Kier alpha value is -3.31. The first-order chi connectivity index (χ1) is 14.4. The number of carbonyl (C=O) groups is 2. The molecular formula is C24H21ClO5. The molecule has 0 spiro atoms. The Morgan fingerprint density at radius 1 is 0.867 bits per heavy atom. The van der Waals surface area contributed by atoms with Crippen LogP contribution in [0.5, 0.6) is 17.2 Å². The minimum atomic E-state index is -0.603. The van der Waals surface area contributed by atoms with Gasteiger partial charge in [-0.2, -0.15) is 0 Å². The van der Waals surface area contributed by atoms with E-state index in [9.17, 15) is 9.59 Å². The van der Waals surface area contributed by atoms with E-state index >= 15 is 0 Å². The molecule has 0 fully saturated rings. The van der Waals surface area contributed by atoms with E-state index in [0.717, 1.165) is 0 Å². The molecule has 0 aliphatic carbocycles. The average Bonchev–Trinajstić information content (AvgIpc) is 2.75. The second-order valence-electron chi connectivity index (χ2n) is 6.77. The Balaban J connectivity index is 1.76. The van der Waals surface area contributed by atoms with Crippen molar-refractivity contribution in [1.82, 2.24) is 0 Å². The second-order valence-corrected chi connectivity index (χ2v) is 7.17. The zero-order valence-electron chi connectivity index (χ0n) is 16.8. The number of halogens is 1. The molecule has 3 aromatic carbocycles. The number of hydrogen-bond acceptors (Lipinski definition) is 5. The molecule has 6 heteroatoms. The van der Waals surface area contributed by atoms with E-state index in [1.807, 2.05) is 19.9 Å². The largest absolute Gasteiger partial charge is 0.493 e. The topological polar surface area (TPSA) is 61.8 Å². The lowest BCUT2D eigenvalue weighted by Gasteiger charge is -2.16. The van der Waals surface area contributed by atoms with Crippen LogP contribution in [0.4, 0.5) is 0 Å². The summed E-state index contributed by atoms with van der Waals surface area (Å²) < 4.78 is 16.4. The summed E-state index contributed by atoms with van der Waals surface area (Å²) in [6, 6.07) is 18.3. The van der Waals surface area contributed by atoms with Crippen molar-refractivity contribution in [3.63, 3.8) is 0 Å². The van der Waals surface area contributed by atoms with Crippen LogP contribution in [0.3, 0.4) is 0 Å². The van der Waals surface area contributed by atoms with Crippen LogP contribution in [0.1, 0.15) is 40.1 Å². The number of ketones is 1. The number of methoxy groups -OCH3 is 1. The van der Waals surface area contributed by atoms with Crippen molar-refractivity contribution in [3.05, 3.63) is 88.4 Å². The lowest BCUT2D eigenvalue weighted by molar-refractivity contribution is 0.0734. The number of hydrogen-bond donors (Lipinski definition) is 0.